The smallest absolute Gasteiger partial charge is 0.246 e. The standard InChI is InChI=1S/C24H29N5O2S/c1-15-10-18(11-16(2)26-15)13-29-22(30)24(27-23(29)31)6-8-28(9-7-24)17(3)19-4-5-21-20(12-19)25-14-32-21/h4-5,10-12,14,17,23,27,31H,6-9,13H2,1-3H3. The molecule has 1 spiro atoms. The number of aliphatic hydroxyl groups is 1. The van der Waals surface area contributed by atoms with Crippen LogP contribution in [0.2, 0.25) is 0 Å². The number of thiazole rings is 1. The van der Waals surface area contributed by atoms with Gasteiger partial charge in [0.05, 0.1) is 15.7 Å². The predicted octanol–water partition coefficient (Wildman–Crippen LogP) is 3.11. The Kier molecular flexibility index (Phi) is 5.49. The number of amides is 1. The van der Waals surface area contributed by atoms with E-state index in [4.69, 9.17) is 0 Å². The molecular formula is C24H29N5O2S. The highest BCUT2D eigenvalue weighted by molar-refractivity contribution is 7.16. The minimum Gasteiger partial charge on any atom is -0.361 e. The van der Waals surface area contributed by atoms with Crippen molar-refractivity contribution in [1.82, 2.24) is 25.1 Å². The van der Waals surface area contributed by atoms with Gasteiger partial charge in [0.2, 0.25) is 5.91 Å². The highest BCUT2D eigenvalue weighted by Crippen LogP contribution is 2.35. The van der Waals surface area contributed by atoms with Crippen LogP contribution in [0.3, 0.4) is 0 Å². The second-order valence-corrected chi connectivity index (χ2v) is 9.97. The number of piperidine rings is 1. The lowest BCUT2D eigenvalue weighted by Gasteiger charge is -2.40. The Morgan fingerprint density at radius 1 is 1.22 bits per heavy atom. The van der Waals surface area contributed by atoms with Crippen LogP contribution in [-0.2, 0) is 11.3 Å². The van der Waals surface area contributed by atoms with Gasteiger partial charge in [0.1, 0.15) is 5.54 Å². The van der Waals surface area contributed by atoms with E-state index >= 15 is 0 Å². The number of benzene rings is 1. The Bertz CT molecular complexity index is 1130. The highest BCUT2D eigenvalue weighted by Gasteiger charge is 2.52. The maximum Gasteiger partial charge on any atom is 0.246 e. The van der Waals surface area contributed by atoms with Crippen molar-refractivity contribution in [3.05, 3.63) is 58.4 Å². The van der Waals surface area contributed by atoms with Crippen molar-refractivity contribution in [3.63, 3.8) is 0 Å². The number of aliphatic hydroxyl groups excluding tert-OH is 1. The minimum atomic E-state index is -0.965. The minimum absolute atomic E-state index is 0.00619. The zero-order valence-corrected chi connectivity index (χ0v) is 19.5. The molecule has 0 aliphatic carbocycles. The zero-order chi connectivity index (χ0) is 22.5. The lowest BCUT2D eigenvalue weighted by Crippen LogP contribution is -2.55. The van der Waals surface area contributed by atoms with E-state index in [9.17, 15) is 9.90 Å². The zero-order valence-electron chi connectivity index (χ0n) is 18.7. The van der Waals surface area contributed by atoms with E-state index in [-0.39, 0.29) is 11.9 Å². The molecule has 2 fully saturated rings. The first-order valence-electron chi connectivity index (χ1n) is 11.1. The van der Waals surface area contributed by atoms with E-state index in [1.54, 1.807) is 16.2 Å². The van der Waals surface area contributed by atoms with E-state index < -0.39 is 11.9 Å². The molecule has 7 nitrogen and oxygen atoms in total. The maximum absolute atomic E-state index is 13.4. The van der Waals surface area contributed by atoms with E-state index in [1.807, 2.05) is 31.5 Å². The first kappa shape index (κ1) is 21.5. The molecule has 0 bridgehead atoms. The van der Waals surface area contributed by atoms with Crippen molar-refractivity contribution in [3.8, 4) is 0 Å². The first-order valence-corrected chi connectivity index (χ1v) is 12.0. The second-order valence-electron chi connectivity index (χ2n) is 9.08. The number of aryl methyl sites for hydroxylation is 2. The quantitative estimate of drug-likeness (QED) is 0.634. The van der Waals surface area contributed by atoms with Crippen LogP contribution < -0.4 is 5.32 Å². The van der Waals surface area contributed by atoms with Crippen molar-refractivity contribution in [2.75, 3.05) is 13.1 Å². The summed E-state index contributed by atoms with van der Waals surface area (Å²) >= 11 is 1.66. The Hall–Kier alpha value is -2.39. The third-order valence-electron chi connectivity index (χ3n) is 6.90. The van der Waals surface area contributed by atoms with Gasteiger partial charge in [0.25, 0.3) is 0 Å². The molecule has 2 aliphatic rings. The van der Waals surface area contributed by atoms with Crippen LogP contribution in [0.15, 0.2) is 35.8 Å². The van der Waals surface area contributed by atoms with Crippen LogP contribution in [0.5, 0.6) is 0 Å². The van der Waals surface area contributed by atoms with E-state index in [0.29, 0.717) is 19.4 Å². The van der Waals surface area contributed by atoms with Crippen LogP contribution >= 0.6 is 11.3 Å². The van der Waals surface area contributed by atoms with Crippen LogP contribution in [0.25, 0.3) is 10.2 Å². The molecule has 2 aliphatic heterocycles. The molecule has 4 heterocycles. The number of rotatable bonds is 4. The van der Waals surface area contributed by atoms with Gasteiger partial charge in [0, 0.05) is 37.1 Å². The van der Waals surface area contributed by atoms with Gasteiger partial charge in [-0.05, 0) is 69.0 Å². The fourth-order valence-corrected chi connectivity index (χ4v) is 5.80. The summed E-state index contributed by atoms with van der Waals surface area (Å²) in [4.78, 5) is 26.2. The molecule has 1 aromatic carbocycles. The lowest BCUT2D eigenvalue weighted by atomic mass is 9.86. The number of hydrogen-bond acceptors (Lipinski definition) is 7. The number of aromatic nitrogens is 2. The Labute approximate surface area is 192 Å². The predicted molar refractivity (Wildman–Crippen MR) is 125 cm³/mol. The van der Waals surface area contributed by atoms with Gasteiger partial charge in [-0.15, -0.1) is 11.3 Å². The van der Waals surface area contributed by atoms with Crippen molar-refractivity contribution in [2.24, 2.45) is 0 Å². The molecule has 0 radical (unpaired) electrons. The average Bonchev–Trinajstić information content (AvgIpc) is 3.31. The number of fused-ring (bicyclic) bond motifs is 1. The third-order valence-corrected chi connectivity index (χ3v) is 7.71. The molecule has 2 unspecified atom stereocenters. The van der Waals surface area contributed by atoms with Gasteiger partial charge in [-0.25, -0.2) is 4.98 Å². The summed E-state index contributed by atoms with van der Waals surface area (Å²) in [7, 11) is 0. The highest BCUT2D eigenvalue weighted by atomic mass is 32.1. The number of hydrogen-bond donors (Lipinski definition) is 2. The molecule has 32 heavy (non-hydrogen) atoms. The third kappa shape index (κ3) is 3.81. The number of carbonyl (C=O) groups excluding carboxylic acids is 1. The molecule has 2 N–H and O–H groups in total. The second kappa shape index (κ2) is 8.19. The molecule has 1 amide bonds. The van der Waals surface area contributed by atoms with Crippen LogP contribution in [0.1, 0.15) is 48.3 Å². The molecule has 0 saturated carbocycles. The molecule has 5 rings (SSSR count). The fraction of sp³-hybridized carbons (Fsp3) is 0.458. The van der Waals surface area contributed by atoms with E-state index in [1.165, 1.54) is 10.3 Å². The largest absolute Gasteiger partial charge is 0.361 e. The fourth-order valence-electron chi connectivity index (χ4n) is 5.14. The van der Waals surface area contributed by atoms with Gasteiger partial charge in [0.15, 0.2) is 6.35 Å². The molecule has 3 aromatic rings. The lowest BCUT2D eigenvalue weighted by molar-refractivity contribution is -0.138. The Morgan fingerprint density at radius 2 is 1.94 bits per heavy atom. The van der Waals surface area contributed by atoms with Gasteiger partial charge >= 0.3 is 0 Å². The molecule has 168 valence electrons. The summed E-state index contributed by atoms with van der Waals surface area (Å²) in [5.41, 5.74) is 6.31. The molecule has 2 saturated heterocycles. The van der Waals surface area contributed by atoms with E-state index in [0.717, 1.165) is 35.6 Å². The van der Waals surface area contributed by atoms with Crippen LogP contribution in [0, 0.1) is 13.8 Å². The van der Waals surface area contributed by atoms with Crippen molar-refractivity contribution in [1.29, 1.82) is 0 Å². The summed E-state index contributed by atoms with van der Waals surface area (Å²) < 4.78 is 1.20. The summed E-state index contributed by atoms with van der Waals surface area (Å²) in [6.07, 6.45) is 0.390. The monoisotopic (exact) mass is 451 g/mol. The van der Waals surface area contributed by atoms with Crippen molar-refractivity contribution < 1.29 is 9.90 Å². The summed E-state index contributed by atoms with van der Waals surface area (Å²) in [5.74, 6) is -0.00619. The van der Waals surface area contributed by atoms with Gasteiger partial charge in [-0.3, -0.25) is 24.9 Å². The maximum atomic E-state index is 13.4. The molecule has 2 aromatic heterocycles. The Morgan fingerprint density at radius 3 is 2.66 bits per heavy atom. The van der Waals surface area contributed by atoms with Crippen molar-refractivity contribution >= 4 is 27.5 Å². The average molecular weight is 452 g/mol. The molecule has 2 atom stereocenters. The summed E-state index contributed by atoms with van der Waals surface area (Å²) in [6.45, 7) is 8.08. The first-order chi connectivity index (χ1) is 15.3. The number of pyridine rings is 1. The molecular weight excluding hydrogens is 422 g/mol. The number of carbonyl (C=O) groups is 1. The van der Waals surface area contributed by atoms with Crippen LogP contribution in [0.4, 0.5) is 0 Å². The van der Waals surface area contributed by atoms with Gasteiger partial charge in [-0.2, -0.15) is 0 Å². The van der Waals surface area contributed by atoms with Crippen molar-refractivity contribution in [2.45, 2.75) is 58.1 Å². The summed E-state index contributed by atoms with van der Waals surface area (Å²) in [6, 6.07) is 10.7. The topological polar surface area (TPSA) is 81.6 Å². The molecule has 8 heteroatoms. The SMILES string of the molecule is Cc1cc(CN2C(=O)C3(CCN(C(C)c4ccc5scnc5c4)CC3)NC2O)cc(C)n1. The van der Waals surface area contributed by atoms with Gasteiger partial charge < -0.3 is 5.11 Å². The number of likely N-dealkylation sites (tertiary alicyclic amines) is 1. The Balaban J connectivity index is 1.27. The summed E-state index contributed by atoms with van der Waals surface area (Å²) in [5, 5.41) is 13.9. The number of nitrogens with zero attached hydrogens (tertiary/aromatic N) is 4. The van der Waals surface area contributed by atoms with Crippen LogP contribution in [-0.4, -0.2) is 55.8 Å². The van der Waals surface area contributed by atoms with E-state index in [2.05, 4.69) is 45.3 Å². The normalized spacial score (nSPS) is 22.2. The van der Waals surface area contributed by atoms with Gasteiger partial charge in [-0.1, -0.05) is 6.07 Å². The number of nitrogens with one attached hydrogen (secondary N) is 1.